The highest BCUT2D eigenvalue weighted by atomic mass is 32.1. The number of nitro benzene ring substituents is 1. The number of carbonyl (C=O) groups excluding carboxylic acids is 2. The van der Waals surface area contributed by atoms with E-state index in [-0.39, 0.29) is 23.6 Å². The summed E-state index contributed by atoms with van der Waals surface area (Å²) in [5.41, 5.74) is 4.81. The number of likely N-dealkylation sites (N-methyl/N-ethyl adjacent to an activating group) is 1. The van der Waals surface area contributed by atoms with E-state index in [1.807, 2.05) is 12.1 Å². The van der Waals surface area contributed by atoms with Crippen molar-refractivity contribution in [1.82, 2.24) is 0 Å². The molecular weight excluding hydrogens is 594 g/mol. The van der Waals surface area contributed by atoms with Gasteiger partial charge in [0.15, 0.2) is 0 Å². The summed E-state index contributed by atoms with van der Waals surface area (Å²) < 4.78 is 17.0. The minimum Gasteiger partial charge on any atom is -0.428 e. The smallest absolute Gasteiger partial charge is 0.428 e. The molecule has 0 bridgehead atoms. The second-order valence-electron chi connectivity index (χ2n) is 12.4. The first kappa shape index (κ1) is 34.1. The van der Waals surface area contributed by atoms with Crippen LogP contribution in [0.5, 0.6) is 0 Å². The number of quaternary nitrogens is 2. The lowest BCUT2D eigenvalue weighted by Gasteiger charge is -2.41. The molecule has 0 N–H and O–H groups in total. The van der Waals surface area contributed by atoms with E-state index in [1.54, 1.807) is 23.5 Å². The molecular formula is C34H45N3O7S+2. The molecule has 0 aliphatic carbocycles. The summed E-state index contributed by atoms with van der Waals surface area (Å²) in [6.45, 7) is 7.56. The van der Waals surface area contributed by atoms with Gasteiger partial charge >= 0.3 is 12.1 Å². The number of thiophene rings is 1. The largest absolute Gasteiger partial charge is 0.511 e. The Labute approximate surface area is 269 Å². The number of ether oxygens (including phenoxy) is 3. The molecule has 2 aromatic carbocycles. The zero-order valence-electron chi connectivity index (χ0n) is 26.4. The van der Waals surface area contributed by atoms with Crippen molar-refractivity contribution in [1.29, 1.82) is 0 Å². The van der Waals surface area contributed by atoms with Crippen molar-refractivity contribution in [3.63, 3.8) is 0 Å². The fraction of sp³-hybridized carbons (Fsp3) is 0.471. The molecule has 0 radical (unpaired) electrons. The highest BCUT2D eigenvalue weighted by molar-refractivity contribution is 7.07. The number of non-ortho nitro benzene ring substituents is 1. The molecule has 4 rings (SSSR count). The number of aryl methyl sites for hydroxylation is 1. The van der Waals surface area contributed by atoms with Crippen LogP contribution in [-0.2, 0) is 38.6 Å². The van der Waals surface area contributed by atoms with Crippen LogP contribution in [0.2, 0.25) is 0 Å². The first-order valence-electron chi connectivity index (χ1n) is 15.6. The number of piperidine rings is 1. The Balaban J connectivity index is 1.17. The molecule has 242 valence electrons. The van der Waals surface area contributed by atoms with Gasteiger partial charge in [0.25, 0.3) is 5.69 Å². The van der Waals surface area contributed by atoms with Gasteiger partial charge in [-0.1, -0.05) is 29.8 Å². The summed E-state index contributed by atoms with van der Waals surface area (Å²) in [6.07, 6.45) is 3.42. The lowest BCUT2D eigenvalue weighted by Crippen LogP contribution is -2.51. The molecule has 1 aromatic heterocycles. The maximum atomic E-state index is 12.4. The van der Waals surface area contributed by atoms with Gasteiger partial charge in [-0.2, -0.15) is 11.3 Å². The van der Waals surface area contributed by atoms with Gasteiger partial charge in [-0.3, -0.25) is 14.9 Å². The molecule has 1 saturated heterocycles. The van der Waals surface area contributed by atoms with E-state index >= 15 is 0 Å². The zero-order chi connectivity index (χ0) is 32.1. The average Bonchev–Trinajstić information content (AvgIpc) is 3.52. The summed E-state index contributed by atoms with van der Waals surface area (Å²) in [5.74, 6) is -0.425. The molecule has 0 spiro atoms. The predicted molar refractivity (Wildman–Crippen MR) is 172 cm³/mol. The van der Waals surface area contributed by atoms with E-state index in [0.717, 1.165) is 62.2 Å². The predicted octanol–water partition coefficient (Wildman–Crippen LogP) is 6.75. The minimum atomic E-state index is -0.860. The summed E-state index contributed by atoms with van der Waals surface area (Å²) in [6, 6.07) is 17.3. The molecule has 10 nitrogen and oxygen atoms in total. The van der Waals surface area contributed by atoms with E-state index in [0.29, 0.717) is 17.4 Å². The van der Waals surface area contributed by atoms with Crippen molar-refractivity contribution in [2.24, 2.45) is 0 Å². The van der Waals surface area contributed by atoms with E-state index < -0.39 is 18.9 Å². The first-order chi connectivity index (χ1) is 21.6. The first-order valence-corrected chi connectivity index (χ1v) is 16.5. The van der Waals surface area contributed by atoms with Gasteiger partial charge in [0, 0.05) is 35.2 Å². The Morgan fingerprint density at radius 2 is 1.60 bits per heavy atom. The number of rotatable bonds is 16. The number of nitrogens with zero attached hydrogens (tertiary/aromatic N) is 3. The Bertz CT molecular complexity index is 1370. The van der Waals surface area contributed by atoms with Gasteiger partial charge in [-0.25, -0.2) is 4.79 Å². The highest BCUT2D eigenvalue weighted by Gasteiger charge is 2.30. The Morgan fingerprint density at radius 3 is 2.27 bits per heavy atom. The Morgan fingerprint density at radius 1 is 0.911 bits per heavy atom. The molecule has 0 amide bonds. The van der Waals surface area contributed by atoms with E-state index in [1.165, 1.54) is 23.1 Å². The number of hydrogen-bond acceptors (Lipinski definition) is 8. The molecule has 3 aromatic rings. The lowest BCUT2D eigenvalue weighted by atomic mass is 10.0. The van der Waals surface area contributed by atoms with E-state index in [9.17, 15) is 19.7 Å². The van der Waals surface area contributed by atoms with Crippen LogP contribution in [-0.4, -0.2) is 72.6 Å². The third-order valence-corrected chi connectivity index (χ3v) is 9.25. The number of hydrogen-bond donors (Lipinski definition) is 0. The average molecular weight is 640 g/mol. The number of esters is 1. The van der Waals surface area contributed by atoms with Crippen LogP contribution in [0, 0.1) is 17.0 Å². The third kappa shape index (κ3) is 11.3. The van der Waals surface area contributed by atoms with Crippen LogP contribution >= 0.6 is 11.3 Å². The fourth-order valence-electron chi connectivity index (χ4n) is 6.09. The summed E-state index contributed by atoms with van der Waals surface area (Å²) in [7, 11) is 2.15. The van der Waals surface area contributed by atoms with Crippen molar-refractivity contribution in [2.45, 2.75) is 58.7 Å². The third-order valence-electron chi connectivity index (χ3n) is 8.52. The van der Waals surface area contributed by atoms with Crippen LogP contribution in [0.1, 0.15) is 54.4 Å². The second-order valence-corrected chi connectivity index (χ2v) is 13.2. The molecule has 1 unspecified atom stereocenters. The zero-order valence-corrected chi connectivity index (χ0v) is 27.2. The van der Waals surface area contributed by atoms with Gasteiger partial charge in [0.2, 0.25) is 6.79 Å². The van der Waals surface area contributed by atoms with Crippen molar-refractivity contribution in [3.8, 4) is 0 Å². The molecule has 1 atom stereocenters. The van der Waals surface area contributed by atoms with Gasteiger partial charge in [0.05, 0.1) is 38.0 Å². The SMILES string of the molecule is Cc1ccc(C[N+](C)(CCOC(=O)OCOC(=O)CCC[N+]2(Cc3ccc([N+](=O)[O-])cc3)CCCCC2)Cc2ccsc2)cc1. The van der Waals surface area contributed by atoms with Crippen LogP contribution in [0.25, 0.3) is 0 Å². The minimum absolute atomic E-state index is 0.0858. The molecule has 0 saturated carbocycles. The van der Waals surface area contributed by atoms with Gasteiger partial charge < -0.3 is 23.2 Å². The van der Waals surface area contributed by atoms with Crippen molar-refractivity contribution in [2.75, 3.05) is 46.6 Å². The second kappa shape index (κ2) is 16.5. The molecule has 1 aliphatic rings. The molecule has 11 heteroatoms. The topological polar surface area (TPSA) is 105 Å². The summed E-state index contributed by atoms with van der Waals surface area (Å²) in [4.78, 5) is 35.2. The van der Waals surface area contributed by atoms with Crippen LogP contribution < -0.4 is 0 Å². The molecule has 1 aliphatic heterocycles. The van der Waals surface area contributed by atoms with Gasteiger partial charge in [-0.15, -0.1) is 0 Å². The van der Waals surface area contributed by atoms with Crippen LogP contribution in [0.4, 0.5) is 10.5 Å². The van der Waals surface area contributed by atoms with Crippen molar-refractivity contribution in [3.05, 3.63) is 97.7 Å². The van der Waals surface area contributed by atoms with Crippen LogP contribution in [0.3, 0.4) is 0 Å². The fourth-order valence-corrected chi connectivity index (χ4v) is 6.75. The standard InChI is InChI=1S/C34H45N3O7S/c1-28-8-10-29(11-9-28)23-36(2,24-31-16-22-45-26-31)20-21-42-34(39)44-27-43-33(38)7-6-19-37(17-4-3-5-18-37)25-30-12-14-32(15-13-30)35(40)41/h8-16,22,26H,3-7,17-21,23-25,27H2,1-2H3/q+2. The summed E-state index contributed by atoms with van der Waals surface area (Å²) in [5, 5.41) is 15.2. The number of carbonyl (C=O) groups is 2. The molecule has 45 heavy (non-hydrogen) atoms. The molecule has 1 fully saturated rings. The van der Waals surface area contributed by atoms with Crippen molar-refractivity contribution >= 4 is 29.1 Å². The van der Waals surface area contributed by atoms with Crippen molar-refractivity contribution < 1.29 is 37.7 Å². The summed E-state index contributed by atoms with van der Waals surface area (Å²) >= 11 is 1.67. The number of nitro groups is 1. The number of benzene rings is 2. The Kier molecular flexibility index (Phi) is 12.5. The Hall–Kier alpha value is -3.80. The highest BCUT2D eigenvalue weighted by Crippen LogP contribution is 2.25. The van der Waals surface area contributed by atoms with Gasteiger partial charge in [0.1, 0.15) is 32.8 Å². The van der Waals surface area contributed by atoms with Gasteiger partial charge in [-0.05, 0) is 55.1 Å². The van der Waals surface area contributed by atoms with E-state index in [2.05, 4.69) is 55.1 Å². The van der Waals surface area contributed by atoms with Crippen LogP contribution in [0.15, 0.2) is 65.4 Å². The lowest BCUT2D eigenvalue weighted by molar-refractivity contribution is -0.945. The van der Waals surface area contributed by atoms with E-state index in [4.69, 9.17) is 14.2 Å². The quantitative estimate of drug-likeness (QED) is 0.0562. The normalized spacial score (nSPS) is 15.5. The number of likely N-dealkylation sites (tertiary alicyclic amines) is 1. The maximum absolute atomic E-state index is 12.4. The molecule has 2 heterocycles. The monoisotopic (exact) mass is 639 g/mol. The maximum Gasteiger partial charge on any atom is 0.511 e.